The van der Waals surface area contributed by atoms with Gasteiger partial charge in [0.25, 0.3) is 0 Å². The van der Waals surface area contributed by atoms with E-state index in [9.17, 15) is 5.11 Å². The van der Waals surface area contributed by atoms with E-state index in [-0.39, 0.29) is 5.41 Å². The third-order valence-electron chi connectivity index (χ3n) is 2.46. The van der Waals surface area contributed by atoms with Gasteiger partial charge in [0.2, 0.25) is 0 Å². The smallest absolute Gasteiger partial charge is 0.0780 e. The number of hydrogen-bond donors (Lipinski definition) is 2. The number of rotatable bonds is 2. The van der Waals surface area contributed by atoms with Crippen molar-refractivity contribution in [2.24, 2.45) is 11.1 Å². The molecule has 0 aliphatic rings. The minimum Gasteiger partial charge on any atom is -0.391 e. The van der Waals surface area contributed by atoms with E-state index in [0.717, 1.165) is 5.56 Å². The highest BCUT2D eigenvalue weighted by Crippen LogP contribution is 2.29. The van der Waals surface area contributed by atoms with Crippen molar-refractivity contribution in [1.82, 2.24) is 0 Å². The molecule has 2 atom stereocenters. The van der Waals surface area contributed by atoms with Crippen LogP contribution in [0.2, 0.25) is 5.02 Å². The predicted octanol–water partition coefficient (Wildman–Crippen LogP) is 2.75. The Hall–Kier alpha value is -0.570. The molecular weight excluding hydrogens is 210 g/mol. The van der Waals surface area contributed by atoms with Crippen LogP contribution in [0.4, 0.5) is 0 Å². The van der Waals surface area contributed by atoms with E-state index in [1.165, 1.54) is 0 Å². The van der Waals surface area contributed by atoms with Crippen LogP contribution in [0.1, 0.15) is 32.4 Å². The molecule has 15 heavy (non-hydrogen) atoms. The zero-order valence-electron chi connectivity index (χ0n) is 9.37. The molecule has 84 valence electrons. The molecular formula is C12H18ClNO. The molecule has 1 rings (SSSR count). The largest absolute Gasteiger partial charge is 0.391 e. The maximum absolute atomic E-state index is 10.0. The lowest BCUT2D eigenvalue weighted by Crippen LogP contribution is -2.36. The van der Waals surface area contributed by atoms with Crippen molar-refractivity contribution < 1.29 is 5.11 Å². The predicted molar refractivity (Wildman–Crippen MR) is 63.8 cm³/mol. The van der Waals surface area contributed by atoms with E-state index in [0.29, 0.717) is 5.02 Å². The normalized spacial score (nSPS) is 16.1. The van der Waals surface area contributed by atoms with Crippen molar-refractivity contribution in [3.05, 3.63) is 34.9 Å². The highest BCUT2D eigenvalue weighted by molar-refractivity contribution is 6.30. The second-order valence-electron chi connectivity index (χ2n) is 4.89. The molecule has 3 N–H and O–H groups in total. The molecule has 2 nitrogen and oxygen atoms in total. The molecule has 0 unspecified atom stereocenters. The van der Waals surface area contributed by atoms with E-state index >= 15 is 0 Å². The van der Waals surface area contributed by atoms with E-state index in [1.54, 1.807) is 12.1 Å². The standard InChI is InChI=1S/C12H18ClNO/c1-12(2,3)11(15)10(14)8-5-4-6-9(13)7-8/h4-7,10-11,15H,14H2,1-3H3/t10-,11-/m0/s1. The van der Waals surface area contributed by atoms with Crippen LogP contribution < -0.4 is 5.73 Å². The first-order valence-electron chi connectivity index (χ1n) is 5.01. The lowest BCUT2D eigenvalue weighted by molar-refractivity contribution is 0.0401. The van der Waals surface area contributed by atoms with Gasteiger partial charge < -0.3 is 10.8 Å². The van der Waals surface area contributed by atoms with Gasteiger partial charge in [-0.1, -0.05) is 44.5 Å². The van der Waals surface area contributed by atoms with Gasteiger partial charge >= 0.3 is 0 Å². The highest BCUT2D eigenvalue weighted by atomic mass is 35.5. The van der Waals surface area contributed by atoms with Crippen molar-refractivity contribution in [2.45, 2.75) is 32.9 Å². The van der Waals surface area contributed by atoms with E-state index in [1.807, 2.05) is 32.9 Å². The summed E-state index contributed by atoms with van der Waals surface area (Å²) in [6, 6.07) is 6.91. The molecule has 0 aliphatic carbocycles. The Morgan fingerprint density at radius 3 is 2.40 bits per heavy atom. The first-order valence-corrected chi connectivity index (χ1v) is 5.39. The monoisotopic (exact) mass is 227 g/mol. The van der Waals surface area contributed by atoms with Gasteiger partial charge in [0.15, 0.2) is 0 Å². The summed E-state index contributed by atoms with van der Waals surface area (Å²) in [5.41, 5.74) is 6.62. The molecule has 0 bridgehead atoms. The van der Waals surface area contributed by atoms with Gasteiger partial charge in [-0.05, 0) is 23.1 Å². The van der Waals surface area contributed by atoms with Crippen molar-refractivity contribution >= 4 is 11.6 Å². The number of nitrogens with two attached hydrogens (primary N) is 1. The Balaban J connectivity index is 2.90. The van der Waals surface area contributed by atoms with Crippen LogP contribution >= 0.6 is 11.6 Å². The Morgan fingerprint density at radius 1 is 1.33 bits per heavy atom. The van der Waals surface area contributed by atoms with E-state index in [4.69, 9.17) is 17.3 Å². The van der Waals surface area contributed by atoms with E-state index in [2.05, 4.69) is 0 Å². The molecule has 1 aromatic rings. The maximum atomic E-state index is 10.0. The molecule has 1 aromatic carbocycles. The summed E-state index contributed by atoms with van der Waals surface area (Å²) in [5.74, 6) is 0. The molecule has 0 aromatic heterocycles. The van der Waals surface area contributed by atoms with Crippen molar-refractivity contribution in [3.8, 4) is 0 Å². The molecule has 0 heterocycles. The second kappa shape index (κ2) is 4.52. The van der Waals surface area contributed by atoms with Gasteiger partial charge in [0.05, 0.1) is 12.1 Å². The van der Waals surface area contributed by atoms with E-state index < -0.39 is 12.1 Å². The Morgan fingerprint density at radius 2 is 1.93 bits per heavy atom. The van der Waals surface area contributed by atoms with Gasteiger partial charge in [0.1, 0.15) is 0 Å². The summed E-state index contributed by atoms with van der Waals surface area (Å²) in [6.07, 6.45) is -0.587. The van der Waals surface area contributed by atoms with Gasteiger partial charge in [-0.3, -0.25) is 0 Å². The summed E-state index contributed by atoms with van der Waals surface area (Å²) in [5, 5.41) is 10.7. The fourth-order valence-corrected chi connectivity index (χ4v) is 1.63. The van der Waals surface area contributed by atoms with Crippen LogP contribution in [0.5, 0.6) is 0 Å². The Labute approximate surface area is 96.1 Å². The summed E-state index contributed by atoms with van der Waals surface area (Å²) in [7, 11) is 0. The third-order valence-corrected chi connectivity index (χ3v) is 2.70. The fourth-order valence-electron chi connectivity index (χ4n) is 1.43. The molecule has 0 saturated carbocycles. The minimum absolute atomic E-state index is 0.234. The molecule has 0 radical (unpaired) electrons. The van der Waals surface area contributed by atoms with Crippen LogP contribution in [0, 0.1) is 5.41 Å². The van der Waals surface area contributed by atoms with Crippen LogP contribution in [0.3, 0.4) is 0 Å². The summed E-state index contributed by atoms with van der Waals surface area (Å²) >= 11 is 5.87. The van der Waals surface area contributed by atoms with Crippen LogP contribution in [0.15, 0.2) is 24.3 Å². The zero-order chi connectivity index (χ0) is 11.6. The number of aliphatic hydroxyl groups is 1. The molecule has 0 aliphatic heterocycles. The van der Waals surface area contributed by atoms with Gasteiger partial charge in [-0.15, -0.1) is 0 Å². The second-order valence-corrected chi connectivity index (χ2v) is 5.33. The third kappa shape index (κ3) is 3.20. The highest BCUT2D eigenvalue weighted by Gasteiger charge is 2.28. The number of halogens is 1. The first-order chi connectivity index (χ1) is 6.82. The SMILES string of the molecule is CC(C)(C)[C@@H](O)[C@@H](N)c1cccc(Cl)c1. The fraction of sp³-hybridized carbons (Fsp3) is 0.500. The first kappa shape index (κ1) is 12.5. The maximum Gasteiger partial charge on any atom is 0.0780 e. The lowest BCUT2D eigenvalue weighted by Gasteiger charge is -2.31. The number of aliphatic hydroxyl groups excluding tert-OH is 1. The van der Waals surface area contributed by atoms with Crippen molar-refractivity contribution in [3.63, 3.8) is 0 Å². The summed E-state index contributed by atoms with van der Waals surface area (Å²) < 4.78 is 0. The van der Waals surface area contributed by atoms with Crippen molar-refractivity contribution in [2.75, 3.05) is 0 Å². The Bertz CT molecular complexity index is 333. The molecule has 3 heteroatoms. The summed E-state index contributed by atoms with van der Waals surface area (Å²) in [4.78, 5) is 0. The van der Waals surface area contributed by atoms with Gasteiger partial charge in [0, 0.05) is 5.02 Å². The minimum atomic E-state index is -0.587. The van der Waals surface area contributed by atoms with Crippen LogP contribution in [-0.2, 0) is 0 Å². The average Bonchev–Trinajstić information content (AvgIpc) is 2.14. The number of hydrogen-bond acceptors (Lipinski definition) is 2. The molecule has 0 spiro atoms. The van der Waals surface area contributed by atoms with Crippen LogP contribution in [0.25, 0.3) is 0 Å². The van der Waals surface area contributed by atoms with Gasteiger partial charge in [-0.25, -0.2) is 0 Å². The molecule has 0 amide bonds. The Kier molecular flexibility index (Phi) is 3.77. The average molecular weight is 228 g/mol. The number of benzene rings is 1. The summed E-state index contributed by atoms with van der Waals surface area (Å²) in [6.45, 7) is 5.88. The van der Waals surface area contributed by atoms with Crippen molar-refractivity contribution in [1.29, 1.82) is 0 Å². The molecule has 0 fully saturated rings. The van der Waals surface area contributed by atoms with Gasteiger partial charge in [-0.2, -0.15) is 0 Å². The zero-order valence-corrected chi connectivity index (χ0v) is 10.1. The van der Waals surface area contributed by atoms with Crippen LogP contribution in [-0.4, -0.2) is 11.2 Å². The topological polar surface area (TPSA) is 46.2 Å². The lowest BCUT2D eigenvalue weighted by atomic mass is 9.82. The quantitative estimate of drug-likeness (QED) is 0.816. The molecule has 0 saturated heterocycles.